The Bertz CT molecular complexity index is 628. The summed E-state index contributed by atoms with van der Waals surface area (Å²) in [6.07, 6.45) is 0.919. The van der Waals surface area contributed by atoms with E-state index in [1.165, 1.54) is 5.56 Å². The number of hydrogen-bond donors (Lipinski definition) is 1. The topological polar surface area (TPSA) is 44.5 Å². The minimum Gasteiger partial charge on any atom is -0.490 e. The number of rotatable bonds is 2. The first-order valence-electron chi connectivity index (χ1n) is 6.66. The molecule has 0 fully saturated rings. The molecule has 0 aliphatic carbocycles. The molecule has 0 unspecified atom stereocenters. The average molecular weight is 287 g/mol. The first-order chi connectivity index (χ1) is 9.72. The summed E-state index contributed by atoms with van der Waals surface area (Å²) in [4.78, 5) is 2.16. The predicted molar refractivity (Wildman–Crippen MR) is 81.8 cm³/mol. The van der Waals surface area contributed by atoms with Crippen molar-refractivity contribution in [1.82, 2.24) is 0 Å². The molecule has 0 bridgehead atoms. The highest BCUT2D eigenvalue weighted by Gasteiger charge is 2.11. The van der Waals surface area contributed by atoms with Crippen LogP contribution in [0.2, 0.25) is 0 Å². The van der Waals surface area contributed by atoms with E-state index in [-0.39, 0.29) is 0 Å². The fourth-order valence-corrected chi connectivity index (χ4v) is 2.96. The molecule has 3 nitrogen and oxygen atoms in total. The van der Waals surface area contributed by atoms with Crippen LogP contribution < -0.4 is 15.2 Å². The lowest BCUT2D eigenvalue weighted by atomic mass is 10.2. The molecule has 0 atom stereocenters. The fourth-order valence-electron chi connectivity index (χ4n) is 2.09. The monoisotopic (exact) mass is 287 g/mol. The van der Waals surface area contributed by atoms with Crippen LogP contribution in [0.3, 0.4) is 0 Å². The number of aryl methyl sites for hydroxylation is 1. The second-order valence-electron chi connectivity index (χ2n) is 4.80. The van der Waals surface area contributed by atoms with Crippen LogP contribution in [0.15, 0.2) is 46.2 Å². The van der Waals surface area contributed by atoms with Crippen LogP contribution in [0.5, 0.6) is 11.5 Å². The van der Waals surface area contributed by atoms with Gasteiger partial charge in [-0.2, -0.15) is 0 Å². The lowest BCUT2D eigenvalue weighted by molar-refractivity contribution is 0.297. The summed E-state index contributed by atoms with van der Waals surface area (Å²) >= 11 is 1.64. The minimum atomic E-state index is 0.702. The number of ether oxygens (including phenoxy) is 2. The van der Waals surface area contributed by atoms with Gasteiger partial charge in [0.2, 0.25) is 0 Å². The Balaban J connectivity index is 1.86. The van der Waals surface area contributed by atoms with E-state index in [2.05, 4.69) is 12.1 Å². The van der Waals surface area contributed by atoms with Crippen LogP contribution >= 0.6 is 11.8 Å². The van der Waals surface area contributed by atoms with E-state index in [9.17, 15) is 0 Å². The number of benzene rings is 2. The van der Waals surface area contributed by atoms with Crippen molar-refractivity contribution in [1.29, 1.82) is 0 Å². The Hall–Kier alpha value is -1.81. The lowest BCUT2D eigenvalue weighted by Gasteiger charge is -2.10. The highest BCUT2D eigenvalue weighted by Crippen LogP contribution is 2.38. The van der Waals surface area contributed by atoms with Crippen LogP contribution in [0.25, 0.3) is 0 Å². The van der Waals surface area contributed by atoms with Gasteiger partial charge in [0, 0.05) is 21.9 Å². The summed E-state index contributed by atoms with van der Waals surface area (Å²) in [7, 11) is 0. The third-order valence-corrected chi connectivity index (χ3v) is 4.19. The van der Waals surface area contributed by atoms with Crippen molar-refractivity contribution in [2.75, 3.05) is 18.9 Å². The van der Waals surface area contributed by atoms with Gasteiger partial charge in [0.1, 0.15) is 0 Å². The first-order valence-corrected chi connectivity index (χ1v) is 7.48. The second kappa shape index (κ2) is 5.67. The Kier molecular flexibility index (Phi) is 3.74. The molecule has 0 spiro atoms. The third-order valence-electron chi connectivity index (χ3n) is 3.11. The van der Waals surface area contributed by atoms with E-state index < -0.39 is 0 Å². The molecule has 4 heteroatoms. The maximum absolute atomic E-state index is 6.06. The van der Waals surface area contributed by atoms with Crippen molar-refractivity contribution in [3.8, 4) is 11.5 Å². The zero-order valence-electron chi connectivity index (χ0n) is 11.4. The summed E-state index contributed by atoms with van der Waals surface area (Å²) in [6, 6.07) is 12.1. The highest BCUT2D eigenvalue weighted by atomic mass is 32.2. The number of anilines is 1. The summed E-state index contributed by atoms with van der Waals surface area (Å²) < 4.78 is 11.3. The van der Waals surface area contributed by atoms with Gasteiger partial charge in [0.15, 0.2) is 11.5 Å². The van der Waals surface area contributed by atoms with Crippen LogP contribution in [-0.4, -0.2) is 13.2 Å². The van der Waals surface area contributed by atoms with Gasteiger partial charge in [-0.3, -0.25) is 0 Å². The molecule has 2 N–H and O–H groups in total. The first kappa shape index (κ1) is 13.2. The molecule has 0 saturated carbocycles. The molecule has 2 aromatic rings. The molecule has 1 heterocycles. The summed E-state index contributed by atoms with van der Waals surface area (Å²) in [5, 5.41) is 0. The summed E-state index contributed by atoms with van der Waals surface area (Å²) in [6.45, 7) is 3.45. The summed E-state index contributed by atoms with van der Waals surface area (Å²) in [5.74, 6) is 1.64. The van der Waals surface area contributed by atoms with E-state index in [0.717, 1.165) is 33.4 Å². The van der Waals surface area contributed by atoms with Crippen molar-refractivity contribution in [3.05, 3.63) is 42.0 Å². The number of hydrogen-bond acceptors (Lipinski definition) is 4. The van der Waals surface area contributed by atoms with E-state index in [0.29, 0.717) is 13.2 Å². The van der Waals surface area contributed by atoms with E-state index in [4.69, 9.17) is 15.2 Å². The van der Waals surface area contributed by atoms with Crippen molar-refractivity contribution in [2.24, 2.45) is 0 Å². The fraction of sp³-hybridized carbons (Fsp3) is 0.250. The van der Waals surface area contributed by atoms with Crippen LogP contribution in [0.1, 0.15) is 12.0 Å². The van der Waals surface area contributed by atoms with Crippen LogP contribution in [0, 0.1) is 6.92 Å². The van der Waals surface area contributed by atoms with E-state index in [1.807, 2.05) is 31.2 Å². The molecular formula is C16H17NO2S. The molecule has 0 saturated heterocycles. The lowest BCUT2D eigenvalue weighted by Crippen LogP contribution is -1.97. The Labute approximate surface area is 123 Å². The van der Waals surface area contributed by atoms with Gasteiger partial charge in [-0.05, 0) is 42.8 Å². The number of nitrogens with two attached hydrogens (primary N) is 1. The molecule has 1 aliphatic heterocycles. The molecular weight excluding hydrogens is 270 g/mol. The largest absolute Gasteiger partial charge is 0.490 e. The third kappa shape index (κ3) is 2.85. The highest BCUT2D eigenvalue weighted by molar-refractivity contribution is 7.99. The standard InChI is InChI=1S/C16H17NO2S/c1-11-3-6-16(13(17)9-11)20-12-4-5-14-15(10-12)19-8-2-7-18-14/h3-6,9-10H,2,7-8,17H2,1H3. The van der Waals surface area contributed by atoms with Crippen LogP contribution in [0.4, 0.5) is 5.69 Å². The minimum absolute atomic E-state index is 0.702. The Morgan fingerprint density at radius 3 is 2.60 bits per heavy atom. The molecule has 0 aromatic heterocycles. The molecule has 20 heavy (non-hydrogen) atoms. The zero-order valence-corrected chi connectivity index (χ0v) is 12.2. The maximum Gasteiger partial charge on any atom is 0.162 e. The van der Waals surface area contributed by atoms with Gasteiger partial charge in [-0.15, -0.1) is 0 Å². The van der Waals surface area contributed by atoms with Crippen molar-refractivity contribution in [3.63, 3.8) is 0 Å². The van der Waals surface area contributed by atoms with Crippen molar-refractivity contribution >= 4 is 17.4 Å². The maximum atomic E-state index is 6.06. The normalized spacial score (nSPS) is 13.8. The summed E-state index contributed by atoms with van der Waals surface area (Å²) in [5.41, 5.74) is 8.03. The van der Waals surface area contributed by atoms with Gasteiger partial charge in [0.05, 0.1) is 13.2 Å². The van der Waals surface area contributed by atoms with Gasteiger partial charge in [-0.1, -0.05) is 17.8 Å². The molecule has 104 valence electrons. The van der Waals surface area contributed by atoms with E-state index >= 15 is 0 Å². The average Bonchev–Trinajstić information content (AvgIpc) is 2.66. The smallest absolute Gasteiger partial charge is 0.162 e. The van der Waals surface area contributed by atoms with Gasteiger partial charge < -0.3 is 15.2 Å². The number of nitrogen functional groups attached to an aromatic ring is 1. The van der Waals surface area contributed by atoms with Crippen molar-refractivity contribution < 1.29 is 9.47 Å². The molecule has 0 radical (unpaired) electrons. The molecule has 2 aromatic carbocycles. The predicted octanol–water partition coefficient (Wildman–Crippen LogP) is 3.89. The second-order valence-corrected chi connectivity index (χ2v) is 5.92. The molecule has 1 aliphatic rings. The van der Waals surface area contributed by atoms with Gasteiger partial charge in [0.25, 0.3) is 0 Å². The molecule has 3 rings (SSSR count). The SMILES string of the molecule is Cc1ccc(Sc2ccc3c(c2)OCCCO3)c(N)c1. The van der Waals surface area contributed by atoms with Crippen LogP contribution in [-0.2, 0) is 0 Å². The van der Waals surface area contributed by atoms with E-state index in [1.54, 1.807) is 11.8 Å². The zero-order chi connectivity index (χ0) is 13.9. The molecule has 0 amide bonds. The number of fused-ring (bicyclic) bond motifs is 1. The quantitative estimate of drug-likeness (QED) is 0.851. The van der Waals surface area contributed by atoms with Gasteiger partial charge in [-0.25, -0.2) is 0 Å². The Morgan fingerprint density at radius 2 is 1.80 bits per heavy atom. The van der Waals surface area contributed by atoms with Gasteiger partial charge >= 0.3 is 0 Å². The van der Waals surface area contributed by atoms with Crippen molar-refractivity contribution in [2.45, 2.75) is 23.1 Å². The Morgan fingerprint density at radius 1 is 1.00 bits per heavy atom.